The van der Waals surface area contributed by atoms with E-state index in [0.29, 0.717) is 11.9 Å². The number of hydrogen-bond acceptors (Lipinski definition) is 5. The predicted molar refractivity (Wildman–Crippen MR) is 100 cm³/mol. The Morgan fingerprint density at radius 2 is 1.64 bits per heavy atom. The molecule has 0 amide bonds. The second-order valence-electron chi connectivity index (χ2n) is 5.82. The van der Waals surface area contributed by atoms with E-state index in [0.717, 1.165) is 28.1 Å². The molecule has 0 atom stereocenters. The van der Waals surface area contributed by atoms with Crippen LogP contribution in [0.1, 0.15) is 5.56 Å². The summed E-state index contributed by atoms with van der Waals surface area (Å²) in [7, 11) is 1.97. The molecular formula is C19H18N6. The Morgan fingerprint density at radius 1 is 0.880 bits per heavy atom. The van der Waals surface area contributed by atoms with Crippen LogP contribution in [0.25, 0.3) is 11.0 Å². The Balaban J connectivity index is 1.64. The van der Waals surface area contributed by atoms with Crippen LogP contribution in [0.15, 0.2) is 60.8 Å². The van der Waals surface area contributed by atoms with Gasteiger partial charge in [0.25, 0.3) is 0 Å². The molecule has 2 aromatic heterocycles. The minimum Gasteiger partial charge on any atom is -0.340 e. The third-order valence-electron chi connectivity index (χ3n) is 4.02. The van der Waals surface area contributed by atoms with Crippen LogP contribution in [0.3, 0.4) is 0 Å². The Morgan fingerprint density at radius 3 is 2.44 bits per heavy atom. The number of aromatic nitrogens is 4. The number of nitrogens with one attached hydrogen (secondary N) is 2. The monoisotopic (exact) mass is 330 g/mol. The highest BCUT2D eigenvalue weighted by Gasteiger charge is 2.10. The van der Waals surface area contributed by atoms with Gasteiger partial charge < -0.3 is 9.88 Å². The van der Waals surface area contributed by atoms with Crippen LogP contribution in [0.5, 0.6) is 0 Å². The molecule has 2 aromatic carbocycles. The van der Waals surface area contributed by atoms with E-state index in [9.17, 15) is 0 Å². The first kappa shape index (κ1) is 15.1. The molecule has 0 aliphatic carbocycles. The lowest BCUT2D eigenvalue weighted by Gasteiger charge is -2.10. The minimum atomic E-state index is 0.502. The third-order valence-corrected chi connectivity index (χ3v) is 4.02. The molecule has 0 saturated carbocycles. The van der Waals surface area contributed by atoms with Crippen molar-refractivity contribution in [1.82, 2.24) is 19.5 Å². The molecule has 0 unspecified atom stereocenters. The number of benzene rings is 2. The van der Waals surface area contributed by atoms with Crippen molar-refractivity contribution in [3.8, 4) is 0 Å². The summed E-state index contributed by atoms with van der Waals surface area (Å²) in [6.45, 7) is 1.98. The first-order valence-electron chi connectivity index (χ1n) is 8.05. The number of nitrogens with zero attached hydrogens (tertiary/aromatic N) is 4. The van der Waals surface area contributed by atoms with Crippen molar-refractivity contribution in [2.24, 2.45) is 7.05 Å². The van der Waals surface area contributed by atoms with Gasteiger partial charge in [0.1, 0.15) is 5.82 Å². The van der Waals surface area contributed by atoms with Crippen molar-refractivity contribution in [3.63, 3.8) is 0 Å². The zero-order chi connectivity index (χ0) is 17.2. The number of fused-ring (bicyclic) bond motifs is 1. The van der Waals surface area contributed by atoms with Crippen molar-refractivity contribution < 1.29 is 0 Å². The van der Waals surface area contributed by atoms with Gasteiger partial charge in [0.05, 0.1) is 11.0 Å². The second kappa shape index (κ2) is 6.24. The Kier molecular flexibility index (Phi) is 3.78. The standard InChI is InChI=1S/C19H18N6/c1-13-12-20-18(23-17(13)21-14-8-4-3-5-9-14)24-19-22-15-10-6-7-11-16(15)25(19)2/h3-12H,1-2H3,(H2,20,21,22,23,24). The van der Waals surface area contributed by atoms with E-state index < -0.39 is 0 Å². The summed E-state index contributed by atoms with van der Waals surface area (Å²) in [5.74, 6) is 1.97. The molecule has 0 aliphatic rings. The lowest BCUT2D eigenvalue weighted by molar-refractivity contribution is 0.949. The topological polar surface area (TPSA) is 67.7 Å². The van der Waals surface area contributed by atoms with Crippen molar-refractivity contribution in [2.45, 2.75) is 6.92 Å². The van der Waals surface area contributed by atoms with Gasteiger partial charge in [-0.1, -0.05) is 30.3 Å². The molecule has 4 aromatic rings. The first-order valence-corrected chi connectivity index (χ1v) is 8.05. The van der Waals surface area contributed by atoms with Gasteiger partial charge in [-0.2, -0.15) is 4.98 Å². The lowest BCUT2D eigenvalue weighted by Crippen LogP contribution is -2.05. The van der Waals surface area contributed by atoms with E-state index in [1.54, 1.807) is 6.20 Å². The van der Waals surface area contributed by atoms with Crippen LogP contribution in [0.4, 0.5) is 23.4 Å². The molecule has 2 heterocycles. The number of hydrogen-bond donors (Lipinski definition) is 2. The van der Waals surface area contributed by atoms with Gasteiger partial charge in [-0.15, -0.1) is 0 Å². The van der Waals surface area contributed by atoms with Gasteiger partial charge in [0.2, 0.25) is 11.9 Å². The highest BCUT2D eigenvalue weighted by atomic mass is 15.3. The van der Waals surface area contributed by atoms with Crippen molar-refractivity contribution in [2.75, 3.05) is 10.6 Å². The van der Waals surface area contributed by atoms with E-state index >= 15 is 0 Å². The summed E-state index contributed by atoms with van der Waals surface area (Å²) < 4.78 is 1.99. The lowest BCUT2D eigenvalue weighted by atomic mass is 10.3. The molecule has 0 spiro atoms. The summed E-state index contributed by atoms with van der Waals surface area (Å²) in [6.07, 6.45) is 1.79. The predicted octanol–water partition coefficient (Wildman–Crippen LogP) is 4.16. The third kappa shape index (κ3) is 3.01. The molecule has 25 heavy (non-hydrogen) atoms. The molecule has 0 saturated heterocycles. The van der Waals surface area contributed by atoms with E-state index in [2.05, 4.69) is 25.6 Å². The van der Waals surface area contributed by atoms with Crippen LogP contribution in [0, 0.1) is 6.92 Å². The van der Waals surface area contributed by atoms with E-state index in [4.69, 9.17) is 0 Å². The summed E-state index contributed by atoms with van der Waals surface area (Å²) in [4.78, 5) is 13.6. The molecule has 4 rings (SSSR count). The maximum absolute atomic E-state index is 4.60. The fraction of sp³-hybridized carbons (Fsp3) is 0.105. The van der Waals surface area contributed by atoms with E-state index in [-0.39, 0.29) is 0 Å². The molecule has 2 N–H and O–H groups in total. The fourth-order valence-corrected chi connectivity index (χ4v) is 2.64. The molecule has 6 heteroatoms. The quantitative estimate of drug-likeness (QED) is 0.588. The van der Waals surface area contributed by atoms with Crippen molar-refractivity contribution in [3.05, 3.63) is 66.4 Å². The number of para-hydroxylation sites is 3. The molecule has 0 fully saturated rings. The van der Waals surface area contributed by atoms with Gasteiger partial charge in [-0.25, -0.2) is 9.97 Å². The van der Waals surface area contributed by atoms with Crippen LogP contribution in [0.2, 0.25) is 0 Å². The van der Waals surface area contributed by atoms with Crippen LogP contribution < -0.4 is 10.6 Å². The van der Waals surface area contributed by atoms with Gasteiger partial charge in [-0.3, -0.25) is 5.32 Å². The SMILES string of the molecule is Cc1cnc(Nc2nc3ccccc3n2C)nc1Nc1ccccc1. The minimum absolute atomic E-state index is 0.502. The number of imidazole rings is 1. The van der Waals surface area contributed by atoms with Gasteiger partial charge in [-0.05, 0) is 31.2 Å². The Hall–Kier alpha value is -3.41. The van der Waals surface area contributed by atoms with E-state index in [1.165, 1.54) is 0 Å². The van der Waals surface area contributed by atoms with Gasteiger partial charge in [0.15, 0.2) is 0 Å². The fourth-order valence-electron chi connectivity index (χ4n) is 2.64. The van der Waals surface area contributed by atoms with Crippen molar-refractivity contribution in [1.29, 1.82) is 0 Å². The first-order chi connectivity index (χ1) is 12.2. The summed E-state index contributed by atoms with van der Waals surface area (Å²) in [5, 5.41) is 6.53. The zero-order valence-electron chi connectivity index (χ0n) is 14.1. The zero-order valence-corrected chi connectivity index (χ0v) is 14.1. The average Bonchev–Trinajstić information content (AvgIpc) is 2.95. The summed E-state index contributed by atoms with van der Waals surface area (Å²) in [6, 6.07) is 17.9. The van der Waals surface area contributed by atoms with Crippen molar-refractivity contribution >= 4 is 34.4 Å². The number of anilines is 4. The number of rotatable bonds is 4. The molecule has 0 aliphatic heterocycles. The smallest absolute Gasteiger partial charge is 0.231 e. The second-order valence-corrected chi connectivity index (χ2v) is 5.82. The van der Waals surface area contributed by atoms with Crippen LogP contribution >= 0.6 is 0 Å². The van der Waals surface area contributed by atoms with Gasteiger partial charge >= 0.3 is 0 Å². The number of aryl methyl sites for hydroxylation is 2. The highest BCUT2D eigenvalue weighted by Crippen LogP contribution is 2.22. The Labute approximate surface area is 145 Å². The summed E-state index contributed by atoms with van der Waals surface area (Å²) >= 11 is 0. The molecule has 0 radical (unpaired) electrons. The maximum atomic E-state index is 4.60. The highest BCUT2D eigenvalue weighted by molar-refractivity contribution is 5.79. The Bertz CT molecular complexity index is 1020. The van der Waals surface area contributed by atoms with E-state index in [1.807, 2.05) is 73.1 Å². The average molecular weight is 330 g/mol. The van der Waals surface area contributed by atoms with Crippen LogP contribution in [-0.2, 0) is 7.05 Å². The molecular weight excluding hydrogens is 312 g/mol. The normalized spacial score (nSPS) is 10.8. The van der Waals surface area contributed by atoms with Crippen LogP contribution in [-0.4, -0.2) is 19.5 Å². The summed E-state index contributed by atoms with van der Waals surface area (Å²) in [5.41, 5.74) is 3.94. The van der Waals surface area contributed by atoms with Gasteiger partial charge in [0, 0.05) is 24.5 Å². The maximum Gasteiger partial charge on any atom is 0.231 e. The largest absolute Gasteiger partial charge is 0.340 e. The molecule has 124 valence electrons. The molecule has 6 nitrogen and oxygen atoms in total. The molecule has 0 bridgehead atoms.